The second kappa shape index (κ2) is 6.20. The van der Waals surface area contributed by atoms with Gasteiger partial charge < -0.3 is 5.32 Å². The van der Waals surface area contributed by atoms with E-state index in [2.05, 4.69) is 23.4 Å². The molecule has 1 N–H and O–H groups in total. The Morgan fingerprint density at radius 1 is 1.47 bits per heavy atom. The maximum Gasteiger partial charge on any atom is 0.0550 e. The van der Waals surface area contributed by atoms with E-state index in [-0.39, 0.29) is 0 Å². The SMILES string of the molecule is CCCNC(CC1CCCC1)c1ccnn1C. The van der Waals surface area contributed by atoms with Gasteiger partial charge in [-0.05, 0) is 31.4 Å². The van der Waals surface area contributed by atoms with Crippen molar-refractivity contribution < 1.29 is 0 Å². The third-order valence-corrected chi connectivity index (χ3v) is 3.90. The Bertz CT molecular complexity index is 326. The summed E-state index contributed by atoms with van der Waals surface area (Å²) in [6, 6.07) is 2.65. The van der Waals surface area contributed by atoms with Gasteiger partial charge in [-0.3, -0.25) is 4.68 Å². The third kappa shape index (κ3) is 3.32. The van der Waals surface area contributed by atoms with Crippen LogP contribution in [0.5, 0.6) is 0 Å². The largest absolute Gasteiger partial charge is 0.309 e. The molecule has 0 radical (unpaired) electrons. The molecule has 1 fully saturated rings. The highest BCUT2D eigenvalue weighted by molar-refractivity contribution is 5.07. The molecule has 3 heteroatoms. The van der Waals surface area contributed by atoms with Crippen molar-refractivity contribution >= 4 is 0 Å². The van der Waals surface area contributed by atoms with Crippen molar-refractivity contribution in [2.75, 3.05) is 6.54 Å². The molecule has 1 saturated carbocycles. The van der Waals surface area contributed by atoms with Gasteiger partial charge >= 0.3 is 0 Å². The van der Waals surface area contributed by atoms with Gasteiger partial charge in [0.2, 0.25) is 0 Å². The lowest BCUT2D eigenvalue weighted by Gasteiger charge is -2.22. The van der Waals surface area contributed by atoms with Gasteiger partial charge in [-0.15, -0.1) is 0 Å². The van der Waals surface area contributed by atoms with Crippen molar-refractivity contribution in [2.24, 2.45) is 13.0 Å². The van der Waals surface area contributed by atoms with Gasteiger partial charge in [0, 0.05) is 19.3 Å². The van der Waals surface area contributed by atoms with Crippen LogP contribution >= 0.6 is 0 Å². The van der Waals surface area contributed by atoms with E-state index in [0.717, 1.165) is 12.5 Å². The molecular formula is C14H25N3. The molecule has 1 aliphatic carbocycles. The van der Waals surface area contributed by atoms with Crippen LogP contribution in [0, 0.1) is 5.92 Å². The van der Waals surface area contributed by atoms with Crippen molar-refractivity contribution in [3.63, 3.8) is 0 Å². The van der Waals surface area contributed by atoms with Gasteiger partial charge in [-0.2, -0.15) is 5.10 Å². The minimum absolute atomic E-state index is 0.491. The van der Waals surface area contributed by atoms with Crippen LogP contribution in [0.4, 0.5) is 0 Å². The fourth-order valence-electron chi connectivity index (χ4n) is 2.93. The van der Waals surface area contributed by atoms with Crippen molar-refractivity contribution in [1.82, 2.24) is 15.1 Å². The van der Waals surface area contributed by atoms with E-state index < -0.39 is 0 Å². The molecule has 17 heavy (non-hydrogen) atoms. The van der Waals surface area contributed by atoms with Crippen LogP contribution in [0.1, 0.15) is 57.2 Å². The van der Waals surface area contributed by atoms with Gasteiger partial charge in [0.25, 0.3) is 0 Å². The number of hydrogen-bond donors (Lipinski definition) is 1. The molecule has 1 aromatic rings. The van der Waals surface area contributed by atoms with Crippen molar-refractivity contribution in [3.8, 4) is 0 Å². The smallest absolute Gasteiger partial charge is 0.0550 e. The van der Waals surface area contributed by atoms with E-state index in [9.17, 15) is 0 Å². The highest BCUT2D eigenvalue weighted by Crippen LogP contribution is 2.32. The van der Waals surface area contributed by atoms with E-state index in [1.54, 1.807) is 0 Å². The molecule has 1 unspecified atom stereocenters. The lowest BCUT2D eigenvalue weighted by molar-refractivity contribution is 0.380. The van der Waals surface area contributed by atoms with Gasteiger partial charge in [-0.25, -0.2) is 0 Å². The molecular weight excluding hydrogens is 210 g/mol. The second-order valence-corrected chi connectivity index (χ2v) is 5.27. The predicted octanol–water partition coefficient (Wildman–Crippen LogP) is 3.04. The first-order chi connectivity index (χ1) is 8.31. The van der Waals surface area contributed by atoms with Crippen LogP contribution in [0.25, 0.3) is 0 Å². The lowest BCUT2D eigenvalue weighted by atomic mass is 9.96. The Balaban J connectivity index is 1.99. The molecule has 3 nitrogen and oxygen atoms in total. The Kier molecular flexibility index (Phi) is 4.60. The molecule has 1 aliphatic rings. The summed E-state index contributed by atoms with van der Waals surface area (Å²) in [4.78, 5) is 0. The molecule has 0 spiro atoms. The highest BCUT2D eigenvalue weighted by atomic mass is 15.3. The van der Waals surface area contributed by atoms with Crippen molar-refractivity contribution in [2.45, 2.75) is 51.5 Å². The van der Waals surface area contributed by atoms with E-state index in [0.29, 0.717) is 6.04 Å². The number of nitrogens with one attached hydrogen (secondary N) is 1. The molecule has 1 atom stereocenters. The summed E-state index contributed by atoms with van der Waals surface area (Å²) in [5.41, 5.74) is 1.34. The molecule has 0 aromatic carbocycles. The zero-order chi connectivity index (χ0) is 12.1. The normalized spacial score (nSPS) is 18.7. The fraction of sp³-hybridized carbons (Fsp3) is 0.786. The minimum atomic E-state index is 0.491. The summed E-state index contributed by atoms with van der Waals surface area (Å²) in [5.74, 6) is 0.916. The first-order valence-corrected chi connectivity index (χ1v) is 7.02. The van der Waals surface area contributed by atoms with Crippen LogP contribution in [0.2, 0.25) is 0 Å². The summed E-state index contributed by atoms with van der Waals surface area (Å²) in [7, 11) is 2.05. The van der Waals surface area contributed by atoms with Gasteiger partial charge in [0.05, 0.1) is 5.69 Å². The number of nitrogens with zero attached hydrogens (tertiary/aromatic N) is 2. The van der Waals surface area contributed by atoms with Crippen LogP contribution in [0.3, 0.4) is 0 Å². The van der Waals surface area contributed by atoms with Crippen LogP contribution in [-0.2, 0) is 7.05 Å². The quantitative estimate of drug-likeness (QED) is 0.821. The standard InChI is InChI=1S/C14H25N3/c1-3-9-15-13(11-12-6-4-5-7-12)14-8-10-16-17(14)2/h8,10,12-13,15H,3-7,9,11H2,1-2H3. The number of hydrogen-bond acceptors (Lipinski definition) is 2. The first kappa shape index (κ1) is 12.6. The number of rotatable bonds is 6. The maximum absolute atomic E-state index is 4.30. The van der Waals surface area contributed by atoms with E-state index >= 15 is 0 Å². The fourth-order valence-corrected chi connectivity index (χ4v) is 2.93. The Morgan fingerprint density at radius 3 is 2.82 bits per heavy atom. The average molecular weight is 235 g/mol. The number of aromatic nitrogens is 2. The third-order valence-electron chi connectivity index (χ3n) is 3.90. The van der Waals surface area contributed by atoms with Crippen molar-refractivity contribution in [1.29, 1.82) is 0 Å². The summed E-state index contributed by atoms with van der Waals surface area (Å²) in [6.07, 6.45) is 10.1. The Hall–Kier alpha value is -0.830. The number of aryl methyl sites for hydroxylation is 1. The average Bonchev–Trinajstić information content (AvgIpc) is 2.95. The molecule has 0 aliphatic heterocycles. The van der Waals surface area contributed by atoms with E-state index in [1.807, 2.05) is 17.9 Å². The zero-order valence-corrected chi connectivity index (χ0v) is 11.2. The summed E-state index contributed by atoms with van der Waals surface area (Å²) >= 11 is 0. The van der Waals surface area contributed by atoms with Crippen LogP contribution < -0.4 is 5.32 Å². The van der Waals surface area contributed by atoms with Crippen LogP contribution in [0.15, 0.2) is 12.3 Å². The van der Waals surface area contributed by atoms with Crippen LogP contribution in [-0.4, -0.2) is 16.3 Å². The first-order valence-electron chi connectivity index (χ1n) is 7.02. The molecule has 0 bridgehead atoms. The summed E-state index contributed by atoms with van der Waals surface area (Å²) in [5, 5.41) is 7.98. The molecule has 2 rings (SSSR count). The molecule has 0 saturated heterocycles. The second-order valence-electron chi connectivity index (χ2n) is 5.27. The molecule has 1 aromatic heterocycles. The summed E-state index contributed by atoms with van der Waals surface area (Å²) < 4.78 is 2.02. The zero-order valence-electron chi connectivity index (χ0n) is 11.2. The lowest BCUT2D eigenvalue weighted by Crippen LogP contribution is -2.26. The van der Waals surface area contributed by atoms with Gasteiger partial charge in [0.15, 0.2) is 0 Å². The monoisotopic (exact) mass is 235 g/mol. The summed E-state index contributed by atoms with van der Waals surface area (Å²) in [6.45, 7) is 3.32. The highest BCUT2D eigenvalue weighted by Gasteiger charge is 2.22. The van der Waals surface area contributed by atoms with E-state index in [4.69, 9.17) is 0 Å². The predicted molar refractivity (Wildman–Crippen MR) is 70.8 cm³/mol. The Labute approximate surface area is 105 Å². The molecule has 1 heterocycles. The minimum Gasteiger partial charge on any atom is -0.309 e. The van der Waals surface area contributed by atoms with Crippen molar-refractivity contribution in [3.05, 3.63) is 18.0 Å². The molecule has 0 amide bonds. The molecule has 96 valence electrons. The topological polar surface area (TPSA) is 29.9 Å². The Morgan fingerprint density at radius 2 is 2.24 bits per heavy atom. The van der Waals surface area contributed by atoms with Gasteiger partial charge in [-0.1, -0.05) is 32.6 Å². The maximum atomic E-state index is 4.30. The van der Waals surface area contributed by atoms with Gasteiger partial charge in [0.1, 0.15) is 0 Å². The van der Waals surface area contributed by atoms with E-state index in [1.165, 1.54) is 44.2 Å².